The molecular weight excluding hydrogens is 360 g/mol. The van der Waals surface area contributed by atoms with E-state index in [0.717, 1.165) is 0 Å². The number of nitrogens with zero attached hydrogens (tertiary/aromatic N) is 2. The minimum atomic E-state index is -0.687. The number of carbonyl (C=O) groups is 2. The Bertz CT molecular complexity index is 923. The second kappa shape index (κ2) is 7.66. The lowest BCUT2D eigenvalue weighted by Crippen LogP contribution is -2.19. The summed E-state index contributed by atoms with van der Waals surface area (Å²) in [5.74, 6) is -0.105. The molecule has 0 spiro atoms. The van der Waals surface area contributed by atoms with Crippen molar-refractivity contribution in [3.8, 4) is 11.5 Å². The number of amides is 2. The Kier molecular flexibility index (Phi) is 5.14. The first-order chi connectivity index (χ1) is 12.5. The van der Waals surface area contributed by atoms with Crippen molar-refractivity contribution in [3.63, 3.8) is 0 Å². The number of hydrogen-bond donors (Lipinski definition) is 2. The molecule has 1 aromatic heterocycles. The van der Waals surface area contributed by atoms with Crippen LogP contribution in [0.5, 0.6) is 0 Å². The van der Waals surface area contributed by atoms with E-state index in [1.54, 1.807) is 24.3 Å². The van der Waals surface area contributed by atoms with Gasteiger partial charge in [-0.25, -0.2) is 9.59 Å². The summed E-state index contributed by atoms with van der Waals surface area (Å²) < 4.78 is 10.6. The SMILES string of the molecule is NC(=O)Nc1ccc(C(=O)OCc2nnc(-c3ccc(Cl)cc3)o2)cc1. The summed E-state index contributed by atoms with van der Waals surface area (Å²) >= 11 is 5.83. The van der Waals surface area contributed by atoms with Crippen molar-refractivity contribution in [2.24, 2.45) is 5.73 Å². The van der Waals surface area contributed by atoms with Gasteiger partial charge in [0.1, 0.15) is 0 Å². The number of hydrogen-bond acceptors (Lipinski definition) is 6. The van der Waals surface area contributed by atoms with Gasteiger partial charge in [-0.1, -0.05) is 11.6 Å². The van der Waals surface area contributed by atoms with E-state index in [-0.39, 0.29) is 12.5 Å². The molecule has 0 radical (unpaired) electrons. The van der Waals surface area contributed by atoms with Gasteiger partial charge >= 0.3 is 12.0 Å². The molecule has 9 heteroatoms. The molecule has 8 nitrogen and oxygen atoms in total. The smallest absolute Gasteiger partial charge is 0.338 e. The van der Waals surface area contributed by atoms with Gasteiger partial charge in [-0.3, -0.25) is 0 Å². The van der Waals surface area contributed by atoms with E-state index < -0.39 is 12.0 Å². The highest BCUT2D eigenvalue weighted by Crippen LogP contribution is 2.20. The van der Waals surface area contributed by atoms with Gasteiger partial charge in [0.15, 0.2) is 6.61 Å². The summed E-state index contributed by atoms with van der Waals surface area (Å²) in [6.07, 6.45) is 0. The van der Waals surface area contributed by atoms with Crippen LogP contribution in [0.2, 0.25) is 5.02 Å². The van der Waals surface area contributed by atoms with Gasteiger partial charge in [0.05, 0.1) is 5.56 Å². The van der Waals surface area contributed by atoms with Gasteiger partial charge in [0.2, 0.25) is 5.89 Å². The van der Waals surface area contributed by atoms with E-state index in [4.69, 9.17) is 26.5 Å². The fourth-order valence-corrected chi connectivity index (χ4v) is 2.19. The fraction of sp³-hybridized carbons (Fsp3) is 0.0588. The Morgan fingerprint density at radius 1 is 1.08 bits per heavy atom. The largest absolute Gasteiger partial charge is 0.452 e. The van der Waals surface area contributed by atoms with Gasteiger partial charge in [-0.15, -0.1) is 10.2 Å². The van der Waals surface area contributed by atoms with Crippen LogP contribution in [0, 0.1) is 0 Å². The van der Waals surface area contributed by atoms with Crippen molar-refractivity contribution in [2.45, 2.75) is 6.61 Å². The van der Waals surface area contributed by atoms with Crippen molar-refractivity contribution in [1.82, 2.24) is 10.2 Å². The van der Waals surface area contributed by atoms with E-state index >= 15 is 0 Å². The van der Waals surface area contributed by atoms with Gasteiger partial charge in [-0.05, 0) is 48.5 Å². The predicted molar refractivity (Wildman–Crippen MR) is 93.5 cm³/mol. The molecule has 0 saturated heterocycles. The summed E-state index contributed by atoms with van der Waals surface area (Å²) in [5.41, 5.74) is 6.49. The van der Waals surface area contributed by atoms with Gasteiger partial charge < -0.3 is 20.2 Å². The first-order valence-corrected chi connectivity index (χ1v) is 7.81. The lowest BCUT2D eigenvalue weighted by Gasteiger charge is -2.04. The molecule has 2 aromatic carbocycles. The number of aromatic nitrogens is 2. The third-order valence-electron chi connectivity index (χ3n) is 3.27. The number of nitrogens with one attached hydrogen (secondary N) is 1. The summed E-state index contributed by atoms with van der Waals surface area (Å²) in [7, 11) is 0. The molecule has 0 aliphatic heterocycles. The third-order valence-corrected chi connectivity index (χ3v) is 3.52. The summed E-state index contributed by atoms with van der Waals surface area (Å²) in [4.78, 5) is 22.8. The maximum Gasteiger partial charge on any atom is 0.338 e. The first kappa shape index (κ1) is 17.4. The summed E-state index contributed by atoms with van der Waals surface area (Å²) in [6, 6.07) is 12.3. The topological polar surface area (TPSA) is 120 Å². The van der Waals surface area contributed by atoms with E-state index in [1.165, 1.54) is 24.3 Å². The maximum absolute atomic E-state index is 12.0. The van der Waals surface area contributed by atoms with Crippen LogP contribution < -0.4 is 11.1 Å². The normalized spacial score (nSPS) is 10.3. The zero-order chi connectivity index (χ0) is 18.5. The highest BCUT2D eigenvalue weighted by Gasteiger charge is 2.12. The Morgan fingerprint density at radius 3 is 2.42 bits per heavy atom. The minimum absolute atomic E-state index is 0.162. The number of urea groups is 1. The molecule has 3 aromatic rings. The quantitative estimate of drug-likeness (QED) is 0.663. The molecule has 0 aliphatic carbocycles. The van der Waals surface area contributed by atoms with E-state index in [0.29, 0.717) is 27.7 Å². The molecule has 3 rings (SSSR count). The van der Waals surface area contributed by atoms with Crippen LogP contribution in [0.3, 0.4) is 0 Å². The maximum atomic E-state index is 12.0. The van der Waals surface area contributed by atoms with Gasteiger partial charge in [0, 0.05) is 16.3 Å². The lowest BCUT2D eigenvalue weighted by molar-refractivity contribution is 0.0438. The molecule has 0 unspecified atom stereocenters. The number of benzene rings is 2. The molecule has 0 fully saturated rings. The predicted octanol–water partition coefficient (Wildman–Crippen LogP) is 3.24. The van der Waals surface area contributed by atoms with E-state index in [9.17, 15) is 9.59 Å². The molecule has 0 bridgehead atoms. The van der Waals surface area contributed by atoms with E-state index in [2.05, 4.69) is 15.5 Å². The molecule has 2 amide bonds. The van der Waals surface area contributed by atoms with Gasteiger partial charge in [0.25, 0.3) is 5.89 Å². The number of primary amides is 1. The van der Waals surface area contributed by atoms with Crippen LogP contribution >= 0.6 is 11.6 Å². The number of nitrogens with two attached hydrogens (primary N) is 1. The molecule has 0 aliphatic rings. The minimum Gasteiger partial charge on any atom is -0.452 e. The van der Waals surface area contributed by atoms with Crippen molar-refractivity contribution in [3.05, 3.63) is 65.0 Å². The molecular formula is C17H13ClN4O4. The number of anilines is 1. The van der Waals surface area contributed by atoms with Crippen LogP contribution in [-0.2, 0) is 11.3 Å². The number of rotatable bonds is 5. The van der Waals surface area contributed by atoms with Crippen LogP contribution in [0.4, 0.5) is 10.5 Å². The van der Waals surface area contributed by atoms with Crippen molar-refractivity contribution in [2.75, 3.05) is 5.32 Å². The second-order valence-corrected chi connectivity index (χ2v) is 5.59. The van der Waals surface area contributed by atoms with Gasteiger partial charge in [-0.2, -0.15) is 0 Å². The molecule has 0 saturated carbocycles. The molecule has 3 N–H and O–H groups in total. The zero-order valence-electron chi connectivity index (χ0n) is 13.3. The fourth-order valence-electron chi connectivity index (χ4n) is 2.06. The Labute approximate surface area is 152 Å². The zero-order valence-corrected chi connectivity index (χ0v) is 14.1. The van der Waals surface area contributed by atoms with Crippen molar-refractivity contribution in [1.29, 1.82) is 0 Å². The average molecular weight is 373 g/mol. The Morgan fingerprint density at radius 2 is 1.77 bits per heavy atom. The summed E-state index contributed by atoms with van der Waals surface area (Å²) in [6.45, 7) is -0.166. The molecule has 132 valence electrons. The molecule has 26 heavy (non-hydrogen) atoms. The van der Waals surface area contributed by atoms with Crippen molar-refractivity contribution >= 4 is 29.3 Å². The van der Waals surface area contributed by atoms with Crippen LogP contribution in [-0.4, -0.2) is 22.2 Å². The van der Waals surface area contributed by atoms with Crippen molar-refractivity contribution < 1.29 is 18.7 Å². The standard InChI is InChI=1S/C17H13ClN4O4/c18-12-5-1-10(2-6-12)15-22-21-14(26-15)9-25-16(23)11-3-7-13(8-4-11)20-17(19)24/h1-8H,9H2,(H3,19,20,24). The number of ether oxygens (including phenoxy) is 1. The third kappa shape index (κ3) is 4.37. The monoisotopic (exact) mass is 372 g/mol. The number of esters is 1. The lowest BCUT2D eigenvalue weighted by atomic mass is 10.2. The first-order valence-electron chi connectivity index (χ1n) is 7.43. The van der Waals surface area contributed by atoms with Crippen LogP contribution in [0.25, 0.3) is 11.5 Å². The molecule has 0 atom stereocenters. The van der Waals surface area contributed by atoms with Crippen LogP contribution in [0.15, 0.2) is 52.9 Å². The highest BCUT2D eigenvalue weighted by atomic mass is 35.5. The Hall–Kier alpha value is -3.39. The summed E-state index contributed by atoms with van der Waals surface area (Å²) in [5, 5.41) is 10.7. The second-order valence-electron chi connectivity index (χ2n) is 5.15. The van der Waals surface area contributed by atoms with E-state index in [1.807, 2.05) is 0 Å². The van der Waals surface area contributed by atoms with Crippen LogP contribution in [0.1, 0.15) is 16.2 Å². The highest BCUT2D eigenvalue weighted by molar-refractivity contribution is 6.30. The Balaban J connectivity index is 1.59. The average Bonchev–Trinajstić information content (AvgIpc) is 3.09. The number of halogens is 1. The number of carbonyl (C=O) groups excluding carboxylic acids is 2. The molecule has 1 heterocycles.